The van der Waals surface area contributed by atoms with Gasteiger partial charge in [-0.25, -0.2) is 0 Å². The predicted molar refractivity (Wildman–Crippen MR) is 66.7 cm³/mol. The summed E-state index contributed by atoms with van der Waals surface area (Å²) >= 11 is 0. The Morgan fingerprint density at radius 1 is 1.47 bits per heavy atom. The van der Waals surface area contributed by atoms with Crippen molar-refractivity contribution < 1.29 is 17.1 Å². The first-order valence-electron chi connectivity index (χ1n) is 5.57. The van der Waals surface area contributed by atoms with E-state index >= 15 is 0 Å². The molecule has 0 aromatic heterocycles. The summed E-state index contributed by atoms with van der Waals surface area (Å²) in [5.74, 6) is -0.435. The van der Waals surface area contributed by atoms with Crippen LogP contribution >= 0.6 is 0 Å². The van der Waals surface area contributed by atoms with Crippen molar-refractivity contribution in [2.45, 2.75) is 18.6 Å². The molecule has 1 amide bonds. The Bertz CT molecular complexity index is 679. The molecule has 0 saturated carbocycles. The second kappa shape index (κ2) is 4.63. The summed E-state index contributed by atoms with van der Waals surface area (Å²) in [5.41, 5.74) is 1.64. The molecule has 0 N–H and O–H groups in total. The molecule has 1 aliphatic rings. The molecule has 1 saturated heterocycles. The zero-order valence-corrected chi connectivity index (χ0v) is 10.9. The molecule has 1 aliphatic heterocycles. The van der Waals surface area contributed by atoms with Gasteiger partial charge in [-0.1, -0.05) is 0 Å². The number of amides is 1. The lowest BCUT2D eigenvalue weighted by Crippen LogP contribution is -2.26. The Hall–Kier alpha value is -1.94. The van der Waals surface area contributed by atoms with Crippen molar-refractivity contribution in [3.8, 4) is 6.07 Å². The lowest BCUT2D eigenvalue weighted by Gasteiger charge is -2.16. The minimum atomic E-state index is -4.71. The first-order valence-corrected chi connectivity index (χ1v) is 7.02. The number of hydrogen-bond acceptors (Lipinski definition) is 4. The van der Waals surface area contributed by atoms with E-state index < -0.39 is 21.4 Å². The van der Waals surface area contributed by atoms with Crippen molar-refractivity contribution in [3.63, 3.8) is 0 Å². The van der Waals surface area contributed by atoms with Crippen LogP contribution in [0.3, 0.4) is 0 Å². The molecule has 1 fully saturated rings. The van der Waals surface area contributed by atoms with Gasteiger partial charge in [-0.05, 0) is 30.7 Å². The molecule has 5 nitrogen and oxygen atoms in total. The normalized spacial score (nSPS) is 19.5. The summed E-state index contributed by atoms with van der Waals surface area (Å²) in [7, 11) is -4.71. The smallest absolute Gasteiger partial charge is 0.307 e. The van der Waals surface area contributed by atoms with Gasteiger partial charge in [-0.3, -0.25) is 4.79 Å². The quantitative estimate of drug-likeness (QED) is 0.765. The van der Waals surface area contributed by atoms with Gasteiger partial charge in [0.2, 0.25) is 5.91 Å². The summed E-state index contributed by atoms with van der Waals surface area (Å²) in [5, 5.41) is 7.51. The van der Waals surface area contributed by atoms with E-state index in [1.165, 1.54) is 4.90 Å². The van der Waals surface area contributed by atoms with Crippen LogP contribution in [0.2, 0.25) is 0 Å². The highest BCUT2D eigenvalue weighted by Gasteiger charge is 2.39. The van der Waals surface area contributed by atoms with E-state index in [4.69, 9.17) is 5.26 Å². The third kappa shape index (κ3) is 2.58. The Labute approximate surface area is 110 Å². The van der Waals surface area contributed by atoms with Crippen LogP contribution in [0.4, 0.5) is 9.57 Å². The summed E-state index contributed by atoms with van der Waals surface area (Å²) in [6.07, 6.45) is -0.349. The van der Waals surface area contributed by atoms with Crippen molar-refractivity contribution in [1.29, 1.82) is 5.26 Å². The van der Waals surface area contributed by atoms with Crippen LogP contribution in [0, 0.1) is 18.3 Å². The molecule has 100 valence electrons. The molecule has 0 radical (unpaired) electrons. The largest absolute Gasteiger partial charge is 0.311 e. The van der Waals surface area contributed by atoms with Crippen LogP contribution in [0.5, 0.6) is 0 Å². The molecule has 19 heavy (non-hydrogen) atoms. The SMILES string of the molecule is Cc1cc(N2CC(S(=O)(=O)F)CC2=O)ccc1C#N. The first kappa shape index (κ1) is 13.5. The van der Waals surface area contributed by atoms with Crippen molar-refractivity contribution >= 4 is 21.8 Å². The van der Waals surface area contributed by atoms with E-state index in [2.05, 4.69) is 0 Å². The van der Waals surface area contributed by atoms with Crippen LogP contribution in [-0.2, 0) is 15.0 Å². The fraction of sp³-hybridized carbons (Fsp3) is 0.333. The second-order valence-electron chi connectivity index (χ2n) is 4.42. The fourth-order valence-electron chi connectivity index (χ4n) is 2.05. The van der Waals surface area contributed by atoms with Crippen molar-refractivity contribution in [2.24, 2.45) is 0 Å². The average Bonchev–Trinajstić information content (AvgIpc) is 2.71. The van der Waals surface area contributed by atoms with Gasteiger partial charge in [0.15, 0.2) is 0 Å². The predicted octanol–water partition coefficient (Wildman–Crippen LogP) is 1.27. The monoisotopic (exact) mass is 282 g/mol. The number of benzene rings is 1. The maximum absolute atomic E-state index is 12.9. The number of nitriles is 1. The number of anilines is 1. The van der Waals surface area contributed by atoms with Gasteiger partial charge in [-0.15, -0.1) is 3.89 Å². The molecule has 2 rings (SSSR count). The van der Waals surface area contributed by atoms with Crippen LogP contribution in [-0.4, -0.2) is 26.1 Å². The summed E-state index contributed by atoms with van der Waals surface area (Å²) < 4.78 is 34.6. The van der Waals surface area contributed by atoms with Crippen molar-refractivity contribution in [1.82, 2.24) is 0 Å². The number of carbonyl (C=O) groups excluding carboxylic acids is 1. The summed E-state index contributed by atoms with van der Waals surface area (Å²) in [4.78, 5) is 13.0. The zero-order valence-electron chi connectivity index (χ0n) is 10.1. The minimum Gasteiger partial charge on any atom is -0.311 e. The number of halogens is 1. The zero-order chi connectivity index (χ0) is 14.2. The Kier molecular flexibility index (Phi) is 3.28. The Morgan fingerprint density at radius 2 is 2.16 bits per heavy atom. The van der Waals surface area contributed by atoms with Gasteiger partial charge in [-0.2, -0.15) is 13.7 Å². The van der Waals surface area contributed by atoms with Crippen LogP contribution < -0.4 is 4.90 Å². The standard InChI is InChI=1S/C12H11FN2O3S/c1-8-4-10(3-2-9(8)6-14)15-7-11(5-12(15)16)19(13,17)18/h2-4,11H,5,7H2,1H3. The fourth-order valence-corrected chi connectivity index (χ4v) is 2.72. The van der Waals surface area contributed by atoms with E-state index in [1.54, 1.807) is 25.1 Å². The molecule has 0 bridgehead atoms. The molecule has 7 heteroatoms. The molecular formula is C12H11FN2O3S. The highest BCUT2D eigenvalue weighted by atomic mass is 32.3. The summed E-state index contributed by atoms with van der Waals surface area (Å²) in [6.45, 7) is 1.52. The maximum atomic E-state index is 12.9. The van der Waals surface area contributed by atoms with E-state index in [0.29, 0.717) is 16.8 Å². The number of nitrogens with zero attached hydrogens (tertiary/aromatic N) is 2. The van der Waals surface area contributed by atoms with Crippen LogP contribution in [0.15, 0.2) is 18.2 Å². The molecular weight excluding hydrogens is 271 g/mol. The van der Waals surface area contributed by atoms with Crippen LogP contribution in [0.25, 0.3) is 0 Å². The van der Waals surface area contributed by atoms with Gasteiger partial charge >= 0.3 is 10.2 Å². The van der Waals surface area contributed by atoms with Gasteiger partial charge in [0.25, 0.3) is 0 Å². The number of aryl methyl sites for hydroxylation is 1. The van der Waals surface area contributed by atoms with Gasteiger partial charge in [0.1, 0.15) is 5.25 Å². The lowest BCUT2D eigenvalue weighted by atomic mass is 10.1. The number of carbonyl (C=O) groups is 1. The summed E-state index contributed by atoms with van der Waals surface area (Å²) in [6, 6.07) is 6.72. The Balaban J connectivity index is 2.31. The van der Waals surface area contributed by atoms with Gasteiger partial charge in [0.05, 0.1) is 11.6 Å². The molecule has 1 heterocycles. The third-order valence-electron chi connectivity index (χ3n) is 3.13. The number of rotatable bonds is 2. The average molecular weight is 282 g/mol. The molecule has 1 unspecified atom stereocenters. The minimum absolute atomic E-state index is 0.191. The van der Waals surface area contributed by atoms with Crippen molar-refractivity contribution in [3.05, 3.63) is 29.3 Å². The van der Waals surface area contributed by atoms with Crippen molar-refractivity contribution in [2.75, 3.05) is 11.4 Å². The number of hydrogen-bond donors (Lipinski definition) is 0. The maximum Gasteiger partial charge on any atom is 0.307 e. The molecule has 1 aromatic rings. The molecule has 1 atom stereocenters. The third-order valence-corrected chi connectivity index (χ3v) is 4.24. The van der Waals surface area contributed by atoms with E-state index in [9.17, 15) is 17.1 Å². The van der Waals surface area contributed by atoms with Gasteiger partial charge < -0.3 is 4.90 Å². The van der Waals surface area contributed by atoms with E-state index in [1.807, 2.05) is 6.07 Å². The highest BCUT2D eigenvalue weighted by Crippen LogP contribution is 2.27. The van der Waals surface area contributed by atoms with E-state index in [0.717, 1.165) is 0 Å². The topological polar surface area (TPSA) is 78.2 Å². The van der Waals surface area contributed by atoms with Crippen LogP contribution in [0.1, 0.15) is 17.5 Å². The highest BCUT2D eigenvalue weighted by molar-refractivity contribution is 7.87. The molecule has 0 aliphatic carbocycles. The molecule has 0 spiro atoms. The molecule has 1 aromatic carbocycles. The Morgan fingerprint density at radius 3 is 2.63 bits per heavy atom. The second-order valence-corrected chi connectivity index (χ2v) is 6.03. The van der Waals surface area contributed by atoms with Gasteiger partial charge in [0, 0.05) is 18.7 Å². The lowest BCUT2D eigenvalue weighted by molar-refractivity contribution is -0.117. The van der Waals surface area contributed by atoms with E-state index in [-0.39, 0.29) is 13.0 Å². The first-order chi connectivity index (χ1) is 8.82.